The molecule has 0 bridgehead atoms. The molecule has 0 aliphatic carbocycles. The Morgan fingerprint density at radius 1 is 1.50 bits per heavy atom. The van der Waals surface area contributed by atoms with Crippen LogP contribution in [0.5, 0.6) is 0 Å². The lowest BCUT2D eigenvalue weighted by molar-refractivity contribution is -0.391. The molecular weight excluding hydrogens is 270 g/mol. The lowest BCUT2D eigenvalue weighted by atomic mass is 10.2. The van der Waals surface area contributed by atoms with Gasteiger partial charge in [0.15, 0.2) is 11.8 Å². The number of aliphatic carboxylic acids is 1. The van der Waals surface area contributed by atoms with Gasteiger partial charge in [-0.1, -0.05) is 0 Å². The van der Waals surface area contributed by atoms with Gasteiger partial charge in [0.1, 0.15) is 0 Å². The fraction of sp³-hybridized carbons (Fsp3) is 0.455. The summed E-state index contributed by atoms with van der Waals surface area (Å²) in [4.78, 5) is 34.6. The number of carboxylic acids is 1. The predicted molar refractivity (Wildman–Crippen MR) is 65.3 cm³/mol. The van der Waals surface area contributed by atoms with Crippen molar-refractivity contribution >= 4 is 17.7 Å². The monoisotopic (exact) mass is 283 g/mol. The highest BCUT2D eigenvalue weighted by molar-refractivity contribution is 5.93. The average Bonchev–Trinajstić information content (AvgIpc) is 2.80. The van der Waals surface area contributed by atoms with Gasteiger partial charge in [-0.05, 0) is 11.0 Å². The van der Waals surface area contributed by atoms with Crippen molar-refractivity contribution in [3.05, 3.63) is 27.9 Å². The molecule has 0 saturated carbocycles. The zero-order valence-electron chi connectivity index (χ0n) is 10.7. The third-order valence-electron chi connectivity index (χ3n) is 3.13. The molecule has 0 aromatic carbocycles. The van der Waals surface area contributed by atoms with E-state index in [1.807, 2.05) is 0 Å². The summed E-state index contributed by atoms with van der Waals surface area (Å²) in [5.41, 5.74) is 0.141. The van der Waals surface area contributed by atoms with Gasteiger partial charge in [0.2, 0.25) is 0 Å². The minimum absolute atomic E-state index is 0.0762. The normalized spacial score (nSPS) is 18.9. The van der Waals surface area contributed by atoms with Crippen LogP contribution >= 0.6 is 0 Å². The van der Waals surface area contributed by atoms with E-state index in [2.05, 4.69) is 0 Å². The van der Waals surface area contributed by atoms with Crippen LogP contribution in [0.2, 0.25) is 0 Å². The zero-order valence-corrected chi connectivity index (χ0v) is 10.7. The molecular formula is C11H13N3O6. The summed E-state index contributed by atoms with van der Waals surface area (Å²) in [5.74, 6) is -1.79. The van der Waals surface area contributed by atoms with E-state index in [1.54, 1.807) is 0 Å². The first-order chi connectivity index (χ1) is 9.41. The number of carbonyl (C=O) groups excluding carboxylic acids is 1. The number of carbonyl (C=O) groups is 2. The summed E-state index contributed by atoms with van der Waals surface area (Å²) < 4.78 is 6.20. The van der Waals surface area contributed by atoms with Gasteiger partial charge in [0.05, 0.1) is 20.2 Å². The molecule has 1 aromatic rings. The lowest BCUT2D eigenvalue weighted by Crippen LogP contribution is -2.48. The predicted octanol–water partition coefficient (Wildman–Crippen LogP) is -0.141. The van der Waals surface area contributed by atoms with E-state index in [9.17, 15) is 19.7 Å². The summed E-state index contributed by atoms with van der Waals surface area (Å²) >= 11 is 0. The SMILES string of the molecule is Cn1c(C(=O)N2CCOC(C(=O)O)C2)ccc1[N+](=O)[O-]. The number of nitro groups is 1. The van der Waals surface area contributed by atoms with Crippen molar-refractivity contribution in [3.8, 4) is 0 Å². The number of hydrogen-bond donors (Lipinski definition) is 1. The Balaban J connectivity index is 2.19. The summed E-state index contributed by atoms with van der Waals surface area (Å²) in [7, 11) is 1.42. The molecule has 1 unspecified atom stereocenters. The van der Waals surface area contributed by atoms with Crippen LogP contribution in [0.15, 0.2) is 12.1 Å². The Hall–Kier alpha value is -2.42. The number of aromatic nitrogens is 1. The maximum atomic E-state index is 12.3. The van der Waals surface area contributed by atoms with E-state index in [4.69, 9.17) is 9.84 Å². The van der Waals surface area contributed by atoms with Crippen LogP contribution in [-0.4, -0.2) is 57.2 Å². The van der Waals surface area contributed by atoms with Crippen LogP contribution in [0.4, 0.5) is 5.82 Å². The Labute approximate surface area is 113 Å². The van der Waals surface area contributed by atoms with E-state index in [0.717, 1.165) is 0 Å². The third-order valence-corrected chi connectivity index (χ3v) is 3.13. The highest BCUT2D eigenvalue weighted by Crippen LogP contribution is 2.18. The smallest absolute Gasteiger partial charge is 0.334 e. The fourth-order valence-corrected chi connectivity index (χ4v) is 2.04. The largest absolute Gasteiger partial charge is 0.479 e. The molecule has 1 N–H and O–H groups in total. The molecule has 1 aromatic heterocycles. The zero-order chi connectivity index (χ0) is 14.9. The van der Waals surface area contributed by atoms with Crippen LogP contribution in [0.1, 0.15) is 10.5 Å². The van der Waals surface area contributed by atoms with Crippen molar-refractivity contribution in [2.24, 2.45) is 7.05 Å². The van der Waals surface area contributed by atoms with Crippen molar-refractivity contribution in [1.29, 1.82) is 0 Å². The van der Waals surface area contributed by atoms with Gasteiger partial charge in [-0.3, -0.25) is 4.79 Å². The third kappa shape index (κ3) is 2.48. The molecule has 1 atom stereocenters. The van der Waals surface area contributed by atoms with Crippen molar-refractivity contribution in [2.45, 2.75) is 6.10 Å². The number of ether oxygens (including phenoxy) is 1. The highest BCUT2D eigenvalue weighted by Gasteiger charge is 2.32. The molecule has 9 nitrogen and oxygen atoms in total. The molecule has 2 heterocycles. The number of hydrogen-bond acceptors (Lipinski definition) is 5. The van der Waals surface area contributed by atoms with E-state index in [1.165, 1.54) is 28.6 Å². The van der Waals surface area contributed by atoms with Gasteiger partial charge < -0.3 is 24.9 Å². The molecule has 20 heavy (non-hydrogen) atoms. The summed E-state index contributed by atoms with van der Waals surface area (Å²) in [6.07, 6.45) is -1.07. The molecule has 1 aliphatic heterocycles. The number of amides is 1. The Morgan fingerprint density at radius 2 is 2.20 bits per heavy atom. The maximum absolute atomic E-state index is 12.3. The van der Waals surface area contributed by atoms with Gasteiger partial charge in [-0.25, -0.2) is 9.36 Å². The van der Waals surface area contributed by atoms with Crippen molar-refractivity contribution < 1.29 is 24.4 Å². The van der Waals surface area contributed by atoms with Gasteiger partial charge >= 0.3 is 11.8 Å². The summed E-state index contributed by atoms with van der Waals surface area (Å²) in [5, 5.41) is 19.6. The molecule has 9 heteroatoms. The highest BCUT2D eigenvalue weighted by atomic mass is 16.6. The topological polar surface area (TPSA) is 115 Å². The number of morpholine rings is 1. The van der Waals surface area contributed by atoms with Gasteiger partial charge in [-0.15, -0.1) is 0 Å². The number of rotatable bonds is 3. The molecule has 1 fully saturated rings. The molecule has 1 amide bonds. The Morgan fingerprint density at radius 3 is 2.75 bits per heavy atom. The standard InChI is InChI=1S/C11H13N3O6/c1-12-7(2-3-9(12)14(18)19)10(15)13-4-5-20-8(6-13)11(16)17/h2-3,8H,4-6H2,1H3,(H,16,17). The second kappa shape index (κ2) is 5.29. The molecule has 0 spiro atoms. The first-order valence-corrected chi connectivity index (χ1v) is 5.85. The molecule has 108 valence electrons. The van der Waals surface area contributed by atoms with Crippen LogP contribution in [0.3, 0.4) is 0 Å². The number of carboxylic acid groups (broad SMARTS) is 1. The summed E-state index contributed by atoms with van der Waals surface area (Å²) in [6, 6.07) is 2.59. The van der Waals surface area contributed by atoms with Crippen molar-refractivity contribution in [1.82, 2.24) is 9.47 Å². The first kappa shape index (κ1) is 14.0. The number of nitrogens with zero attached hydrogens (tertiary/aromatic N) is 3. The second-order valence-corrected chi connectivity index (χ2v) is 4.34. The molecule has 1 aliphatic rings. The van der Waals surface area contributed by atoms with E-state index >= 15 is 0 Å². The minimum atomic E-state index is -1.14. The average molecular weight is 283 g/mol. The minimum Gasteiger partial charge on any atom is -0.479 e. The Bertz CT molecular complexity index is 567. The van der Waals surface area contributed by atoms with Crippen molar-refractivity contribution in [2.75, 3.05) is 19.7 Å². The van der Waals surface area contributed by atoms with Gasteiger partial charge in [0.25, 0.3) is 5.91 Å². The quantitative estimate of drug-likeness (QED) is 0.609. The fourth-order valence-electron chi connectivity index (χ4n) is 2.04. The lowest BCUT2D eigenvalue weighted by Gasteiger charge is -2.30. The van der Waals surface area contributed by atoms with Crippen LogP contribution in [-0.2, 0) is 16.6 Å². The molecule has 0 radical (unpaired) electrons. The second-order valence-electron chi connectivity index (χ2n) is 4.34. The summed E-state index contributed by atoms with van der Waals surface area (Å²) in [6.45, 7) is 0.296. The van der Waals surface area contributed by atoms with E-state index < -0.39 is 22.9 Å². The van der Waals surface area contributed by atoms with Crippen LogP contribution in [0.25, 0.3) is 0 Å². The van der Waals surface area contributed by atoms with E-state index in [-0.39, 0.29) is 31.2 Å². The van der Waals surface area contributed by atoms with Crippen LogP contribution < -0.4 is 0 Å². The molecule has 1 saturated heterocycles. The van der Waals surface area contributed by atoms with Crippen LogP contribution in [0, 0.1) is 10.1 Å². The Kier molecular flexibility index (Phi) is 3.70. The van der Waals surface area contributed by atoms with Gasteiger partial charge in [0, 0.05) is 12.6 Å². The van der Waals surface area contributed by atoms with Gasteiger partial charge in [-0.2, -0.15) is 0 Å². The maximum Gasteiger partial charge on any atom is 0.334 e. The van der Waals surface area contributed by atoms with Crippen molar-refractivity contribution in [3.63, 3.8) is 0 Å². The van der Waals surface area contributed by atoms with E-state index in [0.29, 0.717) is 0 Å². The molecule has 2 rings (SSSR count). The first-order valence-electron chi connectivity index (χ1n) is 5.85.